The second-order valence-electron chi connectivity index (χ2n) is 6.81. The van der Waals surface area contributed by atoms with Crippen molar-refractivity contribution in [2.75, 3.05) is 30.3 Å². The number of anilines is 2. The van der Waals surface area contributed by atoms with Crippen molar-refractivity contribution in [1.82, 2.24) is 9.88 Å². The summed E-state index contributed by atoms with van der Waals surface area (Å²) in [6, 6.07) is 14.2. The molecule has 0 saturated carbocycles. The molecule has 6 nitrogen and oxygen atoms in total. The van der Waals surface area contributed by atoms with Gasteiger partial charge in [0.25, 0.3) is 0 Å². The Bertz CT molecular complexity index is 1050. The number of benzene rings is 2. The van der Waals surface area contributed by atoms with Crippen LogP contribution < -0.4 is 10.6 Å². The van der Waals surface area contributed by atoms with Gasteiger partial charge in [-0.05, 0) is 55.4 Å². The molecule has 0 radical (unpaired) electrons. The van der Waals surface area contributed by atoms with Gasteiger partial charge in [-0.2, -0.15) is 0 Å². The topological polar surface area (TPSA) is 74.3 Å². The Balaban J connectivity index is 1.62. The van der Waals surface area contributed by atoms with E-state index < -0.39 is 0 Å². The maximum absolute atomic E-state index is 12.6. The molecule has 1 aromatic heterocycles. The smallest absolute Gasteiger partial charge is 0.238 e. The number of fused-ring (bicyclic) bond motifs is 1. The molecular weight excluding hydrogens is 423 g/mol. The summed E-state index contributed by atoms with van der Waals surface area (Å²) in [6.07, 6.45) is 2.52. The lowest BCUT2D eigenvalue weighted by Gasteiger charge is -2.21. The number of hydrogen-bond acceptors (Lipinski definition) is 4. The average Bonchev–Trinajstić information content (AvgIpc) is 2.70. The zero-order valence-corrected chi connectivity index (χ0v) is 18.0. The van der Waals surface area contributed by atoms with Gasteiger partial charge >= 0.3 is 0 Å². The van der Waals surface area contributed by atoms with Crippen molar-refractivity contribution in [3.63, 3.8) is 0 Å². The van der Waals surface area contributed by atoms with E-state index in [-0.39, 0.29) is 24.9 Å². The minimum absolute atomic E-state index is 0.0668. The molecule has 2 aromatic carbocycles. The highest BCUT2D eigenvalue weighted by atomic mass is 35.5. The zero-order valence-electron chi connectivity index (χ0n) is 16.5. The summed E-state index contributed by atoms with van der Waals surface area (Å²) < 4.78 is 0. The molecule has 2 amide bonds. The van der Waals surface area contributed by atoms with Gasteiger partial charge in [0.2, 0.25) is 11.8 Å². The predicted molar refractivity (Wildman–Crippen MR) is 122 cm³/mol. The maximum atomic E-state index is 12.6. The van der Waals surface area contributed by atoms with Crippen molar-refractivity contribution in [3.8, 4) is 0 Å². The molecule has 8 heteroatoms. The highest BCUT2D eigenvalue weighted by molar-refractivity contribution is 6.36. The first-order chi connectivity index (χ1) is 14.5. The van der Waals surface area contributed by atoms with E-state index >= 15 is 0 Å². The third-order valence-corrected chi connectivity index (χ3v) is 4.95. The number of rotatable bonds is 8. The summed E-state index contributed by atoms with van der Waals surface area (Å²) in [7, 11) is 0. The first-order valence-electron chi connectivity index (χ1n) is 9.57. The summed E-state index contributed by atoms with van der Waals surface area (Å²) in [4.78, 5) is 31.2. The molecule has 0 fully saturated rings. The van der Waals surface area contributed by atoms with Crippen LogP contribution >= 0.6 is 23.2 Å². The molecular formula is C22H22Cl2N4O2. The lowest BCUT2D eigenvalue weighted by molar-refractivity contribution is -0.120. The molecule has 0 unspecified atom stereocenters. The van der Waals surface area contributed by atoms with Crippen molar-refractivity contribution in [1.29, 1.82) is 0 Å². The van der Waals surface area contributed by atoms with E-state index in [1.165, 1.54) is 0 Å². The van der Waals surface area contributed by atoms with Crippen LogP contribution in [0.15, 0.2) is 54.7 Å². The summed E-state index contributed by atoms with van der Waals surface area (Å²) in [5.41, 5.74) is 1.98. The second-order valence-corrected chi connectivity index (χ2v) is 7.65. The number of halogens is 2. The molecule has 156 valence electrons. The van der Waals surface area contributed by atoms with E-state index in [9.17, 15) is 9.59 Å². The third-order valence-electron chi connectivity index (χ3n) is 4.40. The summed E-state index contributed by atoms with van der Waals surface area (Å²) >= 11 is 12.0. The molecule has 1 heterocycles. The predicted octanol–water partition coefficient (Wildman–Crippen LogP) is 4.83. The SMILES string of the molecule is CCCN(CC(=O)Nc1ccc(Cl)cc1Cl)CC(=O)Nc1cccc2ncccc12. The molecule has 3 aromatic rings. The van der Waals surface area contributed by atoms with Crippen LogP contribution in [0.3, 0.4) is 0 Å². The van der Waals surface area contributed by atoms with Crippen LogP contribution in [0.5, 0.6) is 0 Å². The van der Waals surface area contributed by atoms with Crippen LogP contribution in [-0.2, 0) is 9.59 Å². The van der Waals surface area contributed by atoms with Crippen LogP contribution in [-0.4, -0.2) is 41.3 Å². The Labute approximate surface area is 185 Å². The zero-order chi connectivity index (χ0) is 21.5. The number of carbonyl (C=O) groups excluding carboxylic acids is 2. The van der Waals surface area contributed by atoms with Gasteiger partial charge in [0, 0.05) is 16.6 Å². The number of carbonyl (C=O) groups is 2. The molecule has 0 spiro atoms. The van der Waals surface area contributed by atoms with E-state index in [2.05, 4.69) is 15.6 Å². The van der Waals surface area contributed by atoms with Gasteiger partial charge in [-0.15, -0.1) is 0 Å². The molecule has 0 bridgehead atoms. The van der Waals surface area contributed by atoms with Gasteiger partial charge in [0.1, 0.15) is 0 Å². The van der Waals surface area contributed by atoms with Crippen molar-refractivity contribution < 1.29 is 9.59 Å². The Hall–Kier alpha value is -2.67. The second kappa shape index (κ2) is 10.4. The largest absolute Gasteiger partial charge is 0.324 e. The quantitative estimate of drug-likeness (QED) is 0.521. The highest BCUT2D eigenvalue weighted by Crippen LogP contribution is 2.25. The van der Waals surface area contributed by atoms with Crippen LogP contribution in [0.4, 0.5) is 11.4 Å². The summed E-state index contributed by atoms with van der Waals surface area (Å²) in [5, 5.41) is 7.41. The molecule has 30 heavy (non-hydrogen) atoms. The first kappa shape index (κ1) is 22.0. The van der Waals surface area contributed by atoms with Gasteiger partial charge in [-0.25, -0.2) is 0 Å². The molecule has 0 aliphatic heterocycles. The fourth-order valence-corrected chi connectivity index (χ4v) is 3.57. The van der Waals surface area contributed by atoms with Gasteiger partial charge in [0.15, 0.2) is 0 Å². The fraction of sp³-hybridized carbons (Fsp3) is 0.227. The Morgan fingerprint density at radius 3 is 2.40 bits per heavy atom. The third kappa shape index (κ3) is 5.92. The summed E-state index contributed by atoms with van der Waals surface area (Å²) in [6.45, 7) is 2.76. The minimum atomic E-state index is -0.255. The number of pyridine rings is 1. The lowest BCUT2D eigenvalue weighted by atomic mass is 10.2. The minimum Gasteiger partial charge on any atom is -0.324 e. The number of nitrogens with one attached hydrogen (secondary N) is 2. The van der Waals surface area contributed by atoms with Gasteiger partial charge in [0.05, 0.1) is 35.0 Å². The maximum Gasteiger partial charge on any atom is 0.238 e. The fourth-order valence-electron chi connectivity index (χ4n) is 3.12. The molecule has 0 aliphatic carbocycles. The number of aromatic nitrogens is 1. The van der Waals surface area contributed by atoms with Crippen LogP contribution in [0.25, 0.3) is 10.9 Å². The van der Waals surface area contributed by atoms with E-state index in [0.29, 0.717) is 28.0 Å². The summed E-state index contributed by atoms with van der Waals surface area (Å²) in [5.74, 6) is -0.452. The van der Waals surface area contributed by atoms with Gasteiger partial charge in [-0.1, -0.05) is 36.2 Å². The van der Waals surface area contributed by atoms with Crippen molar-refractivity contribution in [2.45, 2.75) is 13.3 Å². The van der Waals surface area contributed by atoms with Crippen molar-refractivity contribution in [2.24, 2.45) is 0 Å². The van der Waals surface area contributed by atoms with Crippen molar-refractivity contribution in [3.05, 3.63) is 64.8 Å². The molecule has 3 rings (SSSR count). The molecule has 0 aliphatic rings. The van der Waals surface area contributed by atoms with Crippen LogP contribution in [0, 0.1) is 0 Å². The lowest BCUT2D eigenvalue weighted by Crippen LogP contribution is -2.39. The van der Waals surface area contributed by atoms with Gasteiger partial charge < -0.3 is 10.6 Å². The van der Waals surface area contributed by atoms with E-state index in [0.717, 1.165) is 17.3 Å². The molecule has 0 saturated heterocycles. The van der Waals surface area contributed by atoms with E-state index in [1.54, 1.807) is 29.3 Å². The number of nitrogens with zero attached hydrogens (tertiary/aromatic N) is 2. The van der Waals surface area contributed by atoms with Gasteiger partial charge in [-0.3, -0.25) is 19.5 Å². The first-order valence-corrected chi connectivity index (χ1v) is 10.3. The number of hydrogen-bond donors (Lipinski definition) is 2. The Morgan fingerprint density at radius 1 is 0.967 bits per heavy atom. The van der Waals surface area contributed by atoms with Crippen molar-refractivity contribution >= 4 is 57.3 Å². The van der Waals surface area contributed by atoms with Crippen LogP contribution in [0.1, 0.15) is 13.3 Å². The molecule has 2 N–H and O–H groups in total. The Kier molecular flexibility index (Phi) is 7.63. The molecule has 0 atom stereocenters. The Morgan fingerprint density at radius 2 is 1.70 bits per heavy atom. The average molecular weight is 445 g/mol. The highest BCUT2D eigenvalue weighted by Gasteiger charge is 2.16. The normalized spacial score (nSPS) is 10.9. The monoisotopic (exact) mass is 444 g/mol. The van der Waals surface area contributed by atoms with E-state index in [1.807, 2.05) is 37.3 Å². The van der Waals surface area contributed by atoms with E-state index in [4.69, 9.17) is 23.2 Å². The van der Waals surface area contributed by atoms with Crippen LogP contribution in [0.2, 0.25) is 10.0 Å². The number of amides is 2. The standard InChI is InChI=1S/C22H22Cl2N4O2/c1-2-11-28(14-22(30)27-20-9-8-15(23)12-17(20)24)13-21(29)26-19-7-3-6-18-16(19)5-4-10-25-18/h3-10,12H,2,11,13-14H2,1H3,(H,26,29)(H,27,30).